The normalized spacial score (nSPS) is 35.0. The molecule has 20 heavy (non-hydrogen) atoms. The Bertz CT molecular complexity index is 383. The quantitative estimate of drug-likeness (QED) is 0.843. The van der Waals surface area contributed by atoms with Gasteiger partial charge < -0.3 is 14.7 Å². The van der Waals surface area contributed by atoms with Crippen molar-refractivity contribution >= 4 is 5.91 Å². The van der Waals surface area contributed by atoms with E-state index in [9.17, 15) is 9.90 Å². The highest BCUT2D eigenvalue weighted by Gasteiger charge is 2.50. The fourth-order valence-corrected chi connectivity index (χ4v) is 3.74. The van der Waals surface area contributed by atoms with Gasteiger partial charge in [-0.25, -0.2) is 0 Å². The molecule has 0 aromatic heterocycles. The number of hydrogen-bond acceptors (Lipinski definition) is 3. The molecule has 0 aromatic rings. The molecule has 3 fully saturated rings. The largest absolute Gasteiger partial charge is 0.393 e. The fourth-order valence-electron chi connectivity index (χ4n) is 3.74. The van der Waals surface area contributed by atoms with Crippen LogP contribution in [0.3, 0.4) is 0 Å². The minimum absolute atomic E-state index is 0.0661. The molecule has 3 rings (SSSR count). The first-order valence-corrected chi connectivity index (χ1v) is 8.12. The minimum atomic E-state index is -0.239. The third-order valence-electron chi connectivity index (χ3n) is 5.49. The number of nitrogens with zero attached hydrogens (tertiary/aromatic N) is 1. The SMILES string of the molecule is CC[C@H]1C[C@@H](O)CC2(CCN(C(=O)C3(C)CC3)CC2)O1. The second-order valence-corrected chi connectivity index (χ2v) is 7.28. The van der Waals surface area contributed by atoms with Crippen LogP contribution in [0.25, 0.3) is 0 Å². The average Bonchev–Trinajstić information content (AvgIpc) is 3.17. The minimum Gasteiger partial charge on any atom is -0.393 e. The third kappa shape index (κ3) is 2.60. The van der Waals surface area contributed by atoms with Gasteiger partial charge in [0.2, 0.25) is 5.91 Å². The van der Waals surface area contributed by atoms with E-state index < -0.39 is 0 Å². The molecule has 1 amide bonds. The lowest BCUT2D eigenvalue weighted by Gasteiger charge is -2.48. The summed E-state index contributed by atoms with van der Waals surface area (Å²) in [5.74, 6) is 0.329. The van der Waals surface area contributed by atoms with E-state index in [2.05, 4.69) is 13.8 Å². The lowest BCUT2D eigenvalue weighted by molar-refractivity contribution is -0.184. The predicted octanol–water partition coefficient (Wildman–Crippen LogP) is 2.10. The van der Waals surface area contributed by atoms with E-state index >= 15 is 0 Å². The molecule has 1 spiro atoms. The van der Waals surface area contributed by atoms with Crippen LogP contribution in [-0.2, 0) is 9.53 Å². The topological polar surface area (TPSA) is 49.8 Å². The molecule has 3 aliphatic rings. The van der Waals surface area contributed by atoms with E-state index in [4.69, 9.17) is 4.74 Å². The molecule has 1 aliphatic carbocycles. The van der Waals surface area contributed by atoms with Crippen LogP contribution in [0, 0.1) is 5.41 Å². The van der Waals surface area contributed by atoms with E-state index in [0.717, 1.165) is 58.0 Å². The van der Waals surface area contributed by atoms with Crippen molar-refractivity contribution in [2.75, 3.05) is 13.1 Å². The fraction of sp³-hybridized carbons (Fsp3) is 0.938. The molecule has 2 heterocycles. The second kappa shape index (κ2) is 4.99. The van der Waals surface area contributed by atoms with Crippen molar-refractivity contribution in [2.24, 2.45) is 5.41 Å². The summed E-state index contributed by atoms with van der Waals surface area (Å²) in [5, 5.41) is 10.1. The van der Waals surface area contributed by atoms with Gasteiger partial charge in [0, 0.05) is 24.9 Å². The summed E-state index contributed by atoms with van der Waals surface area (Å²) in [6, 6.07) is 0. The predicted molar refractivity (Wildman–Crippen MR) is 76.3 cm³/mol. The van der Waals surface area contributed by atoms with Crippen molar-refractivity contribution in [3.8, 4) is 0 Å². The number of carbonyl (C=O) groups is 1. The zero-order valence-electron chi connectivity index (χ0n) is 12.7. The number of aliphatic hydroxyl groups is 1. The summed E-state index contributed by atoms with van der Waals surface area (Å²) in [6.07, 6.45) is 6.24. The van der Waals surface area contributed by atoms with E-state index in [1.807, 2.05) is 4.90 Å². The number of hydrogen-bond donors (Lipinski definition) is 1. The Hall–Kier alpha value is -0.610. The Morgan fingerprint density at radius 3 is 2.50 bits per heavy atom. The van der Waals surface area contributed by atoms with Crippen LogP contribution in [0.15, 0.2) is 0 Å². The van der Waals surface area contributed by atoms with Crippen LogP contribution in [0.4, 0.5) is 0 Å². The summed E-state index contributed by atoms with van der Waals surface area (Å²) in [5.41, 5.74) is -0.247. The summed E-state index contributed by atoms with van der Waals surface area (Å²) >= 11 is 0. The standard InChI is InChI=1S/C16H27NO3/c1-3-13-10-12(18)11-16(20-13)6-8-17(9-7-16)14(19)15(2)4-5-15/h12-13,18H,3-11H2,1-2H3/t12-,13+/m1/s1. The zero-order chi connectivity index (χ0) is 14.4. The van der Waals surface area contributed by atoms with Crippen LogP contribution in [0.5, 0.6) is 0 Å². The first-order valence-electron chi connectivity index (χ1n) is 8.12. The van der Waals surface area contributed by atoms with Crippen molar-refractivity contribution in [1.82, 2.24) is 4.90 Å². The average molecular weight is 281 g/mol. The Balaban J connectivity index is 1.61. The molecule has 2 atom stereocenters. The lowest BCUT2D eigenvalue weighted by atomic mass is 9.81. The molecule has 2 saturated heterocycles. The molecular weight excluding hydrogens is 254 g/mol. The highest BCUT2D eigenvalue weighted by atomic mass is 16.5. The highest BCUT2D eigenvalue weighted by molar-refractivity contribution is 5.85. The van der Waals surface area contributed by atoms with E-state index in [0.29, 0.717) is 5.91 Å². The molecule has 1 saturated carbocycles. The smallest absolute Gasteiger partial charge is 0.228 e. The van der Waals surface area contributed by atoms with E-state index in [1.54, 1.807) is 0 Å². The molecule has 114 valence electrons. The molecule has 0 unspecified atom stereocenters. The third-order valence-corrected chi connectivity index (χ3v) is 5.49. The summed E-state index contributed by atoms with van der Waals surface area (Å²) in [6.45, 7) is 5.77. The summed E-state index contributed by atoms with van der Waals surface area (Å²) < 4.78 is 6.27. The van der Waals surface area contributed by atoms with E-state index in [1.165, 1.54) is 0 Å². The molecule has 4 heteroatoms. The Morgan fingerprint density at radius 1 is 1.30 bits per heavy atom. The number of aliphatic hydroxyl groups excluding tert-OH is 1. The highest BCUT2D eigenvalue weighted by Crippen LogP contribution is 2.47. The van der Waals surface area contributed by atoms with Gasteiger partial charge in [-0.15, -0.1) is 0 Å². The number of carbonyl (C=O) groups excluding carboxylic acids is 1. The zero-order valence-corrected chi connectivity index (χ0v) is 12.7. The lowest BCUT2D eigenvalue weighted by Crippen LogP contribution is -2.54. The first kappa shape index (κ1) is 14.3. The van der Waals surface area contributed by atoms with Gasteiger partial charge in [-0.05, 0) is 38.5 Å². The van der Waals surface area contributed by atoms with Gasteiger partial charge in [0.25, 0.3) is 0 Å². The van der Waals surface area contributed by atoms with Crippen LogP contribution in [-0.4, -0.2) is 46.8 Å². The maximum Gasteiger partial charge on any atom is 0.228 e. The molecular formula is C16H27NO3. The number of rotatable bonds is 2. The van der Waals surface area contributed by atoms with Gasteiger partial charge in [0.1, 0.15) is 0 Å². The second-order valence-electron chi connectivity index (χ2n) is 7.28. The van der Waals surface area contributed by atoms with Gasteiger partial charge in [-0.3, -0.25) is 4.79 Å². The Kier molecular flexibility index (Phi) is 3.57. The molecule has 1 N–H and O–H groups in total. The first-order chi connectivity index (χ1) is 9.46. The van der Waals surface area contributed by atoms with Gasteiger partial charge >= 0.3 is 0 Å². The number of piperidine rings is 1. The molecule has 0 aromatic carbocycles. The van der Waals surface area contributed by atoms with Crippen molar-refractivity contribution in [3.05, 3.63) is 0 Å². The van der Waals surface area contributed by atoms with Gasteiger partial charge in [0.15, 0.2) is 0 Å². The number of amides is 1. The van der Waals surface area contributed by atoms with E-state index in [-0.39, 0.29) is 23.2 Å². The van der Waals surface area contributed by atoms with Crippen LogP contribution in [0.1, 0.15) is 58.8 Å². The maximum absolute atomic E-state index is 12.4. The van der Waals surface area contributed by atoms with Crippen LogP contribution in [0.2, 0.25) is 0 Å². The van der Waals surface area contributed by atoms with Gasteiger partial charge in [0.05, 0.1) is 17.8 Å². The molecule has 2 aliphatic heterocycles. The Morgan fingerprint density at radius 2 is 1.95 bits per heavy atom. The Labute approximate surface area is 121 Å². The van der Waals surface area contributed by atoms with Crippen molar-refractivity contribution in [3.63, 3.8) is 0 Å². The summed E-state index contributed by atoms with van der Waals surface area (Å²) in [7, 11) is 0. The molecule has 0 bridgehead atoms. The molecule has 4 nitrogen and oxygen atoms in total. The van der Waals surface area contributed by atoms with Crippen molar-refractivity contribution in [1.29, 1.82) is 0 Å². The maximum atomic E-state index is 12.4. The van der Waals surface area contributed by atoms with Crippen LogP contribution >= 0.6 is 0 Å². The number of ether oxygens (including phenoxy) is 1. The molecule has 0 radical (unpaired) electrons. The van der Waals surface area contributed by atoms with Crippen molar-refractivity contribution < 1.29 is 14.6 Å². The van der Waals surface area contributed by atoms with Gasteiger partial charge in [-0.1, -0.05) is 13.8 Å². The monoisotopic (exact) mass is 281 g/mol. The summed E-state index contributed by atoms with van der Waals surface area (Å²) in [4.78, 5) is 14.4. The van der Waals surface area contributed by atoms with Crippen molar-refractivity contribution in [2.45, 2.75) is 76.6 Å². The number of likely N-dealkylation sites (tertiary alicyclic amines) is 1. The van der Waals surface area contributed by atoms with Crippen LogP contribution < -0.4 is 0 Å². The van der Waals surface area contributed by atoms with Gasteiger partial charge in [-0.2, -0.15) is 0 Å².